The van der Waals surface area contributed by atoms with Crippen molar-refractivity contribution in [3.63, 3.8) is 0 Å². The maximum atomic E-state index is 13.3. The van der Waals surface area contributed by atoms with Crippen LogP contribution in [0.5, 0.6) is 0 Å². The molecule has 1 amide bonds. The molecule has 2 heterocycles. The van der Waals surface area contributed by atoms with E-state index >= 15 is 0 Å². The van der Waals surface area contributed by atoms with Crippen LogP contribution in [0.4, 0.5) is 11.5 Å². The number of allylic oxidation sites excluding steroid dienone is 2. The minimum absolute atomic E-state index is 0.102. The molecule has 1 aliphatic heterocycles. The highest BCUT2D eigenvalue weighted by Gasteiger charge is 2.42. The van der Waals surface area contributed by atoms with Crippen molar-refractivity contribution >= 4 is 28.9 Å². The normalized spacial score (nSPS) is 21.0. The Hall–Kier alpha value is -3.28. The first-order chi connectivity index (χ1) is 14.5. The van der Waals surface area contributed by atoms with Crippen LogP contribution in [0.25, 0.3) is 0 Å². The van der Waals surface area contributed by atoms with Crippen LogP contribution in [-0.2, 0) is 9.59 Å². The zero-order valence-corrected chi connectivity index (χ0v) is 17.6. The van der Waals surface area contributed by atoms with Crippen LogP contribution in [0.2, 0.25) is 0 Å². The highest BCUT2D eigenvalue weighted by molar-refractivity contribution is 6.13. The molecule has 0 fully saturated rings. The van der Waals surface area contributed by atoms with Gasteiger partial charge in [-0.3, -0.25) is 14.6 Å². The van der Waals surface area contributed by atoms with E-state index in [9.17, 15) is 9.59 Å². The Bertz CT molecular complexity index is 1020. The molecular formula is C24H26N4O2. The van der Waals surface area contributed by atoms with E-state index in [0.29, 0.717) is 17.8 Å². The number of anilines is 2. The minimum atomic E-state index is -0.557. The molecule has 2 aromatic rings. The number of hydrogen-bond acceptors (Lipinski definition) is 5. The van der Waals surface area contributed by atoms with Gasteiger partial charge in [0.15, 0.2) is 5.78 Å². The van der Waals surface area contributed by atoms with E-state index in [0.717, 1.165) is 35.5 Å². The molecule has 6 nitrogen and oxygen atoms in total. The number of Topliss-reactive ketones (excluding diaryl/α,β-unsaturated/α-hetero) is 1. The SMILES string of the molecule is CC1=NC2=C(C(=O)CCC2)[C@@H](c2ccc(N(C)C)cc2)C1C(=O)Nc1ccccn1. The monoisotopic (exact) mass is 402 g/mol. The number of amides is 1. The van der Waals surface area contributed by atoms with Crippen molar-refractivity contribution in [2.45, 2.75) is 32.1 Å². The number of benzene rings is 1. The number of ketones is 1. The molecule has 4 rings (SSSR count). The number of nitrogens with zero attached hydrogens (tertiary/aromatic N) is 3. The van der Waals surface area contributed by atoms with Crippen LogP contribution in [-0.4, -0.2) is 36.5 Å². The summed E-state index contributed by atoms with van der Waals surface area (Å²) in [5.41, 5.74) is 4.30. The van der Waals surface area contributed by atoms with E-state index in [1.54, 1.807) is 18.3 Å². The van der Waals surface area contributed by atoms with Crippen molar-refractivity contribution in [3.8, 4) is 0 Å². The van der Waals surface area contributed by atoms with Gasteiger partial charge in [-0.15, -0.1) is 0 Å². The lowest BCUT2D eigenvalue weighted by molar-refractivity contribution is -0.119. The van der Waals surface area contributed by atoms with Crippen molar-refractivity contribution in [1.82, 2.24) is 4.98 Å². The van der Waals surface area contributed by atoms with E-state index in [1.165, 1.54) is 0 Å². The maximum Gasteiger partial charge on any atom is 0.235 e. The molecule has 1 aliphatic carbocycles. The number of carbonyl (C=O) groups is 2. The number of carbonyl (C=O) groups excluding carboxylic acids is 2. The number of nitrogens with one attached hydrogen (secondary N) is 1. The first kappa shape index (κ1) is 20.0. The zero-order chi connectivity index (χ0) is 21.3. The molecule has 1 aromatic carbocycles. The fourth-order valence-electron chi connectivity index (χ4n) is 4.33. The Balaban J connectivity index is 1.77. The van der Waals surface area contributed by atoms with Crippen LogP contribution >= 0.6 is 0 Å². The van der Waals surface area contributed by atoms with Gasteiger partial charge < -0.3 is 10.2 Å². The summed E-state index contributed by atoms with van der Waals surface area (Å²) in [6.45, 7) is 1.88. The summed E-state index contributed by atoms with van der Waals surface area (Å²) in [7, 11) is 3.97. The fraction of sp³-hybridized carbons (Fsp3) is 0.333. The third-order valence-corrected chi connectivity index (χ3v) is 5.80. The number of pyridine rings is 1. The van der Waals surface area contributed by atoms with E-state index in [2.05, 4.69) is 10.3 Å². The third-order valence-electron chi connectivity index (χ3n) is 5.80. The average molecular weight is 402 g/mol. The lowest BCUT2D eigenvalue weighted by Crippen LogP contribution is -2.39. The molecule has 1 N–H and O–H groups in total. The number of hydrogen-bond donors (Lipinski definition) is 1. The third kappa shape index (κ3) is 3.77. The summed E-state index contributed by atoms with van der Waals surface area (Å²) in [4.78, 5) is 37.2. The molecule has 0 radical (unpaired) electrons. The van der Waals surface area contributed by atoms with Gasteiger partial charge in [0.1, 0.15) is 5.82 Å². The standard InChI is InChI=1S/C24H26N4O2/c1-15-21(24(30)27-20-9-4-5-14-25-20)22(16-10-12-17(13-11-16)28(2)3)23-18(26-15)7-6-8-19(23)29/h4-5,9-14,21-22H,6-8H2,1-3H3,(H,25,27,30)/t21?,22-/m0/s1. The Labute approximate surface area is 176 Å². The van der Waals surface area contributed by atoms with Gasteiger partial charge in [-0.05, 0) is 49.6 Å². The Morgan fingerprint density at radius 1 is 1.10 bits per heavy atom. The lowest BCUT2D eigenvalue weighted by atomic mass is 9.71. The molecule has 2 aliphatic rings. The topological polar surface area (TPSA) is 74.7 Å². The molecule has 0 spiro atoms. The number of rotatable bonds is 4. The van der Waals surface area contributed by atoms with Gasteiger partial charge in [0.2, 0.25) is 5.91 Å². The molecule has 1 unspecified atom stereocenters. The second kappa shape index (κ2) is 8.22. The van der Waals surface area contributed by atoms with Crippen molar-refractivity contribution in [2.75, 3.05) is 24.3 Å². The summed E-state index contributed by atoms with van der Waals surface area (Å²) >= 11 is 0. The molecule has 0 saturated carbocycles. The molecule has 2 atom stereocenters. The molecule has 0 bridgehead atoms. The van der Waals surface area contributed by atoms with Crippen LogP contribution in [0.1, 0.15) is 37.7 Å². The average Bonchev–Trinajstić information content (AvgIpc) is 2.73. The van der Waals surface area contributed by atoms with Gasteiger partial charge >= 0.3 is 0 Å². The van der Waals surface area contributed by atoms with Crippen LogP contribution in [0, 0.1) is 5.92 Å². The quantitative estimate of drug-likeness (QED) is 0.840. The smallest absolute Gasteiger partial charge is 0.235 e. The summed E-state index contributed by atoms with van der Waals surface area (Å²) in [6.07, 6.45) is 3.74. The van der Waals surface area contributed by atoms with Gasteiger partial charge in [0.05, 0.1) is 5.92 Å². The number of aliphatic imine (C=N–C) groups is 1. The second-order valence-corrected chi connectivity index (χ2v) is 8.04. The number of aromatic nitrogens is 1. The highest BCUT2D eigenvalue weighted by Crippen LogP contribution is 2.43. The largest absolute Gasteiger partial charge is 0.378 e. The van der Waals surface area contributed by atoms with Gasteiger partial charge in [-0.1, -0.05) is 18.2 Å². The predicted octanol–water partition coefficient (Wildman–Crippen LogP) is 3.97. The summed E-state index contributed by atoms with van der Waals surface area (Å²) < 4.78 is 0. The lowest BCUT2D eigenvalue weighted by Gasteiger charge is -2.35. The molecule has 6 heteroatoms. The first-order valence-electron chi connectivity index (χ1n) is 10.3. The Kier molecular flexibility index (Phi) is 5.48. The molecule has 30 heavy (non-hydrogen) atoms. The van der Waals surface area contributed by atoms with E-state index < -0.39 is 5.92 Å². The fourth-order valence-corrected chi connectivity index (χ4v) is 4.33. The van der Waals surface area contributed by atoms with E-state index in [1.807, 2.05) is 56.3 Å². The van der Waals surface area contributed by atoms with Crippen molar-refractivity contribution in [3.05, 3.63) is 65.5 Å². The van der Waals surface area contributed by atoms with Crippen molar-refractivity contribution in [1.29, 1.82) is 0 Å². The maximum absolute atomic E-state index is 13.3. The van der Waals surface area contributed by atoms with Gasteiger partial charge in [0.25, 0.3) is 0 Å². The van der Waals surface area contributed by atoms with Crippen molar-refractivity contribution < 1.29 is 9.59 Å². The zero-order valence-electron chi connectivity index (χ0n) is 17.6. The van der Waals surface area contributed by atoms with E-state index in [4.69, 9.17) is 4.99 Å². The predicted molar refractivity (Wildman–Crippen MR) is 119 cm³/mol. The van der Waals surface area contributed by atoms with Gasteiger partial charge in [0, 0.05) is 55.3 Å². The Morgan fingerprint density at radius 3 is 2.53 bits per heavy atom. The molecular weight excluding hydrogens is 376 g/mol. The minimum Gasteiger partial charge on any atom is -0.378 e. The molecule has 154 valence electrons. The summed E-state index contributed by atoms with van der Waals surface area (Å²) in [6, 6.07) is 13.5. The highest BCUT2D eigenvalue weighted by atomic mass is 16.2. The van der Waals surface area contributed by atoms with Crippen LogP contribution in [0.3, 0.4) is 0 Å². The van der Waals surface area contributed by atoms with E-state index in [-0.39, 0.29) is 17.6 Å². The van der Waals surface area contributed by atoms with Gasteiger partial charge in [-0.2, -0.15) is 0 Å². The first-order valence-corrected chi connectivity index (χ1v) is 10.3. The summed E-state index contributed by atoms with van der Waals surface area (Å²) in [5, 5.41) is 2.91. The van der Waals surface area contributed by atoms with Crippen LogP contribution in [0.15, 0.2) is 64.9 Å². The van der Waals surface area contributed by atoms with Crippen molar-refractivity contribution in [2.24, 2.45) is 10.9 Å². The Morgan fingerprint density at radius 2 is 1.87 bits per heavy atom. The molecule has 1 aromatic heterocycles. The second-order valence-electron chi connectivity index (χ2n) is 8.04. The van der Waals surface area contributed by atoms with Crippen LogP contribution < -0.4 is 10.2 Å². The molecule has 0 saturated heterocycles. The van der Waals surface area contributed by atoms with Gasteiger partial charge in [-0.25, -0.2) is 4.98 Å². The summed E-state index contributed by atoms with van der Waals surface area (Å²) in [5.74, 6) is -0.499.